The van der Waals surface area contributed by atoms with Gasteiger partial charge in [0.05, 0.1) is 101 Å². The van der Waals surface area contributed by atoms with Crippen LogP contribution in [0.2, 0.25) is 0 Å². The molecule has 0 saturated heterocycles. The second kappa shape index (κ2) is 34.1. The molecule has 0 unspecified atom stereocenters. The van der Waals surface area contributed by atoms with Crippen molar-refractivity contribution < 1.29 is 0 Å². The number of fused-ring (bicyclic) bond motifs is 12. The van der Waals surface area contributed by atoms with E-state index in [0.717, 1.165) is 205 Å². The highest BCUT2D eigenvalue weighted by atomic mass is 15.0. The number of aryl methyl sites for hydroxylation is 11. The third-order valence-electron chi connectivity index (χ3n) is 29.3. The summed E-state index contributed by atoms with van der Waals surface area (Å²) < 4.78 is 9.39. The number of hydrogen-bond acceptors (Lipinski definition) is 4. The molecule has 0 amide bonds. The number of para-hydroxylation sites is 2. The Kier molecular flexibility index (Phi) is 20.8. The van der Waals surface area contributed by atoms with Crippen molar-refractivity contribution in [1.82, 2.24) is 28.2 Å². The number of nitrogens with zero attached hydrogens (tertiary/aromatic N) is 8. The van der Waals surface area contributed by atoms with E-state index >= 15 is 0 Å². The lowest BCUT2D eigenvalue weighted by atomic mass is 9.90. The molecule has 24 rings (SSSR count). The Hall–Kier alpha value is -17.6. The molecule has 0 aliphatic carbocycles. The highest BCUT2D eigenvalue weighted by Gasteiger charge is 2.29. The summed E-state index contributed by atoms with van der Waals surface area (Å²) in [6, 6.07) is 145. The molecular weight excluding hydrogens is 1700 g/mol. The first-order chi connectivity index (χ1) is 68.3. The van der Waals surface area contributed by atoms with Gasteiger partial charge in [-0.05, 0) is 321 Å². The first kappa shape index (κ1) is 85.4. The van der Waals surface area contributed by atoms with Crippen LogP contribution in [0, 0.1) is 98.8 Å². The van der Waals surface area contributed by atoms with Gasteiger partial charge < -0.3 is 18.3 Å². The van der Waals surface area contributed by atoms with Crippen molar-refractivity contribution in [2.45, 2.75) is 82.6 Å². The van der Waals surface area contributed by atoms with Crippen LogP contribution < -0.4 is 0 Å². The van der Waals surface area contributed by atoms with Gasteiger partial charge in [0.15, 0.2) is 0 Å². The molecule has 0 saturated carbocycles. The molecule has 6 aromatic heterocycles. The molecule has 0 bridgehead atoms. The average molecular weight is 1800 g/mol. The molecule has 6 heterocycles. The van der Waals surface area contributed by atoms with Crippen LogP contribution in [0.5, 0.6) is 0 Å². The van der Waals surface area contributed by atoms with Crippen LogP contribution in [-0.4, -0.2) is 28.2 Å². The fourth-order valence-corrected chi connectivity index (χ4v) is 22.6. The minimum Gasteiger partial charge on any atom is -0.309 e. The zero-order valence-corrected chi connectivity index (χ0v) is 80.2. The van der Waals surface area contributed by atoms with Gasteiger partial charge in [0, 0.05) is 65.3 Å². The van der Waals surface area contributed by atoms with Crippen molar-refractivity contribution in [1.29, 1.82) is 10.5 Å². The summed E-state index contributed by atoms with van der Waals surface area (Å²) in [5.74, 6) is 0. The number of aromatic nitrogens is 6. The van der Waals surface area contributed by atoms with Crippen molar-refractivity contribution in [3.8, 4) is 147 Å². The molecule has 18 aromatic carbocycles. The maximum absolute atomic E-state index is 12.2. The van der Waals surface area contributed by atoms with Gasteiger partial charge in [-0.25, -0.2) is 9.97 Å². The van der Waals surface area contributed by atoms with Gasteiger partial charge in [0.2, 0.25) is 0 Å². The monoisotopic (exact) mass is 1790 g/mol. The van der Waals surface area contributed by atoms with E-state index in [1.54, 1.807) is 0 Å². The lowest BCUT2D eigenvalue weighted by molar-refractivity contribution is 1.13. The van der Waals surface area contributed by atoms with Crippen LogP contribution in [0.4, 0.5) is 0 Å². The number of benzene rings is 18. The molecule has 140 heavy (non-hydrogen) atoms. The Morgan fingerprint density at radius 1 is 0.200 bits per heavy atom. The first-order valence-electron chi connectivity index (χ1n) is 48.3. The van der Waals surface area contributed by atoms with Gasteiger partial charge in [-0.1, -0.05) is 283 Å². The lowest BCUT2D eigenvalue weighted by Crippen LogP contribution is -2.05. The Balaban J connectivity index is 0.627. The van der Waals surface area contributed by atoms with Gasteiger partial charge in [-0.15, -0.1) is 0 Å². The van der Waals surface area contributed by atoms with Gasteiger partial charge in [0.1, 0.15) is 12.1 Å². The smallest absolute Gasteiger partial charge is 0.101 e. The van der Waals surface area contributed by atoms with Crippen LogP contribution in [0.3, 0.4) is 0 Å². The predicted octanol–water partition coefficient (Wildman–Crippen LogP) is 34.3. The topological polar surface area (TPSA) is 93.1 Å². The molecule has 666 valence electrons. The number of pyridine rings is 2. The number of hydrogen-bond donors (Lipinski definition) is 0. The van der Waals surface area contributed by atoms with E-state index in [-0.39, 0.29) is 0 Å². The van der Waals surface area contributed by atoms with Crippen LogP contribution in [0.25, 0.3) is 222 Å². The molecule has 0 spiro atoms. The van der Waals surface area contributed by atoms with E-state index < -0.39 is 0 Å². The zero-order valence-electron chi connectivity index (χ0n) is 80.2. The van der Waals surface area contributed by atoms with E-state index in [2.05, 4.69) is 477 Å². The third-order valence-corrected chi connectivity index (χ3v) is 29.3. The Bertz CT molecular complexity index is 9330. The second-order valence-electron chi connectivity index (χ2n) is 38.5. The maximum Gasteiger partial charge on any atom is 0.101 e. The molecule has 0 N–H and O–H groups in total. The van der Waals surface area contributed by atoms with Crippen LogP contribution in [-0.2, 0) is 6.42 Å². The van der Waals surface area contributed by atoms with Crippen molar-refractivity contribution >= 4 is 87.2 Å². The summed E-state index contributed by atoms with van der Waals surface area (Å²) in [4.78, 5) is 11.2. The van der Waals surface area contributed by atoms with E-state index in [1.165, 1.54) is 89.0 Å². The fourth-order valence-electron chi connectivity index (χ4n) is 22.6. The molecular formula is C132H98N8. The first-order valence-corrected chi connectivity index (χ1v) is 48.3. The molecule has 0 radical (unpaired) electrons. The van der Waals surface area contributed by atoms with Crippen molar-refractivity contribution in [2.24, 2.45) is 0 Å². The van der Waals surface area contributed by atoms with Gasteiger partial charge in [0.25, 0.3) is 0 Å². The maximum atomic E-state index is 12.2. The SMILES string of the molecule is Cc1ccc(-c2ccc3c(c2)c2cc(-c4cc(Cc5ccc(-c6ccc7c8ccccc8n(-c8cc(-c9cccc(-c%10ccccc%10)n9)c(-n9c%10ccccc%10c%10ccc(-c%11ccc(C)cc%11C)cc%109)cc8C#N)c7c6)c(C)c5)c(C)cc4C)ccc2n3-c2cc(-c3cccc(-c4ccccc4)n3)c(-n3c4ccc(-c5ccc(C)cc5C)cc4c4cc(-c5ccc(C)cc5C)ccc43)cc2C#N)c(C)c1. The second-order valence-corrected chi connectivity index (χ2v) is 38.5. The summed E-state index contributed by atoms with van der Waals surface area (Å²) >= 11 is 0. The van der Waals surface area contributed by atoms with Crippen molar-refractivity contribution in [3.63, 3.8) is 0 Å². The molecule has 0 aliphatic rings. The van der Waals surface area contributed by atoms with Gasteiger partial charge in [-0.3, -0.25) is 0 Å². The standard InChI is InChI=1S/C132H98N8/c1-78-36-47-101(83(6)58-78)92-43-54-123-111(65-92)114-68-95(46-57-124(114)137(123)127-74-115(119-32-22-30-117(135-119)90-24-14-12-15-25-90)131(72-99(127)76-133)138-125-55-44-93(102-48-37-79(2)59-84(102)7)66-112(125)113-67-94(45-56-126(113)138)103-49-38-80(3)60-85(103)8)110-69-98(82(5)62-87(110)10)64-89-40-51-105(88(11)63-89)97-42-52-108-106-28-18-20-34-121(106)139(129(108)70-97)128-75-116(120-33-23-31-118(136-120)91-26-16-13-17-27-91)132(73-100(128)77-134)140-122-35-21-19-29-107(122)109-53-41-96(71-130(109)140)104-50-39-81(4)61-86(104)9/h12-63,65-75H,64H2,1-11H3. The van der Waals surface area contributed by atoms with Crippen LogP contribution in [0.1, 0.15) is 83.5 Å². The van der Waals surface area contributed by atoms with Crippen molar-refractivity contribution in [3.05, 3.63) is 466 Å². The Morgan fingerprint density at radius 3 is 0.907 bits per heavy atom. The Morgan fingerprint density at radius 2 is 0.514 bits per heavy atom. The van der Waals surface area contributed by atoms with Gasteiger partial charge in [-0.2, -0.15) is 10.5 Å². The molecule has 24 aromatic rings. The minimum absolute atomic E-state index is 0.521. The zero-order chi connectivity index (χ0) is 95.1. The molecule has 0 atom stereocenters. The highest BCUT2D eigenvalue weighted by molar-refractivity contribution is 6.16. The summed E-state index contributed by atoms with van der Waals surface area (Å²) in [5.41, 5.74) is 48.9. The molecule has 8 heteroatoms. The van der Waals surface area contributed by atoms with E-state index in [0.29, 0.717) is 17.5 Å². The predicted molar refractivity (Wildman–Crippen MR) is 585 cm³/mol. The molecule has 0 fully saturated rings. The number of rotatable bonds is 16. The molecule has 8 nitrogen and oxygen atoms in total. The third kappa shape index (κ3) is 14.6. The van der Waals surface area contributed by atoms with E-state index in [4.69, 9.17) is 9.97 Å². The fraction of sp³-hybridized carbons (Fsp3) is 0.0909. The largest absolute Gasteiger partial charge is 0.309 e. The van der Waals surface area contributed by atoms with Crippen LogP contribution in [0.15, 0.2) is 382 Å². The van der Waals surface area contributed by atoms with E-state index in [9.17, 15) is 10.5 Å². The van der Waals surface area contributed by atoms with Crippen molar-refractivity contribution in [2.75, 3.05) is 0 Å². The summed E-state index contributed by atoms with van der Waals surface area (Å²) in [5, 5.41) is 32.9. The highest BCUT2D eigenvalue weighted by Crippen LogP contribution is 2.49. The van der Waals surface area contributed by atoms with E-state index in [1.807, 2.05) is 12.1 Å². The normalized spacial score (nSPS) is 11.7. The van der Waals surface area contributed by atoms with Crippen LogP contribution >= 0.6 is 0 Å². The molecule has 0 aliphatic heterocycles. The minimum atomic E-state index is 0.521. The number of nitriles is 2. The summed E-state index contributed by atoms with van der Waals surface area (Å²) in [6.45, 7) is 24.2. The summed E-state index contributed by atoms with van der Waals surface area (Å²) in [6.07, 6.45) is 0.712. The summed E-state index contributed by atoms with van der Waals surface area (Å²) in [7, 11) is 0. The lowest BCUT2D eigenvalue weighted by Gasteiger charge is -2.19. The average Bonchev–Trinajstić information content (AvgIpc) is 1.56. The van der Waals surface area contributed by atoms with Gasteiger partial charge >= 0.3 is 0 Å². The quantitative estimate of drug-likeness (QED) is 0.0963. The Labute approximate surface area is 815 Å².